The largest absolute Gasteiger partial charge is 0.478 e. The molecule has 0 radical (unpaired) electrons. The number of nitrogen functional groups attached to an aromatic ring is 1. The molecule has 1 aromatic rings. The van der Waals surface area contributed by atoms with Crippen LogP contribution in [0.5, 0.6) is 0 Å². The fraction of sp³-hybridized carbons (Fsp3) is 0.417. The van der Waals surface area contributed by atoms with Gasteiger partial charge in [-0.25, -0.2) is 4.79 Å². The number of carboxylic acids is 1. The van der Waals surface area contributed by atoms with E-state index in [2.05, 4.69) is 5.32 Å². The lowest BCUT2D eigenvalue weighted by molar-refractivity contribution is 0.0698. The molecule has 98 valence electrons. The van der Waals surface area contributed by atoms with E-state index in [1.54, 1.807) is 12.1 Å². The number of rotatable bonds is 3. The van der Waals surface area contributed by atoms with Crippen molar-refractivity contribution in [3.05, 3.63) is 23.8 Å². The van der Waals surface area contributed by atoms with Crippen molar-refractivity contribution < 1.29 is 14.1 Å². The first kappa shape index (κ1) is 12.9. The molecule has 2 rings (SSSR count). The Morgan fingerprint density at radius 1 is 1.39 bits per heavy atom. The number of benzene rings is 1. The quantitative estimate of drug-likeness (QED) is 0.718. The van der Waals surface area contributed by atoms with E-state index in [0.717, 1.165) is 12.8 Å². The molecule has 0 bridgehead atoms. The highest BCUT2D eigenvalue weighted by atomic mass is 32.2. The van der Waals surface area contributed by atoms with E-state index in [4.69, 9.17) is 10.8 Å². The van der Waals surface area contributed by atoms with Crippen LogP contribution in [0.25, 0.3) is 0 Å². The van der Waals surface area contributed by atoms with Gasteiger partial charge in [0, 0.05) is 28.3 Å². The van der Waals surface area contributed by atoms with Gasteiger partial charge >= 0.3 is 5.97 Å². The second-order valence-corrected chi connectivity index (χ2v) is 6.04. The highest BCUT2D eigenvalue weighted by Crippen LogP contribution is 2.26. The fourth-order valence-electron chi connectivity index (χ4n) is 2.05. The molecule has 1 aliphatic rings. The van der Waals surface area contributed by atoms with Crippen LogP contribution in [-0.2, 0) is 10.8 Å². The molecule has 5 nitrogen and oxygen atoms in total. The van der Waals surface area contributed by atoms with Crippen molar-refractivity contribution in [2.24, 2.45) is 0 Å². The first-order valence-corrected chi connectivity index (χ1v) is 7.30. The molecule has 18 heavy (non-hydrogen) atoms. The number of aromatic carboxylic acids is 1. The summed E-state index contributed by atoms with van der Waals surface area (Å²) in [4.78, 5) is 11.1. The van der Waals surface area contributed by atoms with E-state index in [1.807, 2.05) is 0 Å². The second-order valence-electron chi connectivity index (χ2n) is 4.34. The first-order chi connectivity index (χ1) is 8.58. The van der Waals surface area contributed by atoms with Gasteiger partial charge in [0.05, 0.1) is 16.9 Å². The van der Waals surface area contributed by atoms with Crippen LogP contribution < -0.4 is 11.1 Å². The number of carbonyl (C=O) groups is 1. The van der Waals surface area contributed by atoms with Crippen LogP contribution in [-0.4, -0.2) is 32.8 Å². The highest BCUT2D eigenvalue weighted by Gasteiger charge is 2.20. The minimum absolute atomic E-state index is 0.144. The van der Waals surface area contributed by atoms with Crippen molar-refractivity contribution in [3.63, 3.8) is 0 Å². The Balaban J connectivity index is 2.18. The molecule has 4 N–H and O–H groups in total. The average Bonchev–Trinajstić information content (AvgIpc) is 2.34. The number of hydrogen-bond donors (Lipinski definition) is 3. The summed E-state index contributed by atoms with van der Waals surface area (Å²) in [5.74, 6) is 0.323. The van der Waals surface area contributed by atoms with Gasteiger partial charge in [0.2, 0.25) is 0 Å². The second kappa shape index (κ2) is 5.39. The minimum atomic E-state index is -0.996. The van der Waals surface area contributed by atoms with Crippen molar-refractivity contribution in [1.82, 2.24) is 0 Å². The smallest absolute Gasteiger partial charge is 0.337 e. The third-order valence-electron chi connectivity index (χ3n) is 3.06. The maximum Gasteiger partial charge on any atom is 0.337 e. The van der Waals surface area contributed by atoms with E-state index in [0.29, 0.717) is 22.9 Å². The number of nitrogens with one attached hydrogen (secondary N) is 1. The Morgan fingerprint density at radius 3 is 2.67 bits per heavy atom. The fourth-order valence-corrected chi connectivity index (χ4v) is 3.35. The van der Waals surface area contributed by atoms with Crippen molar-refractivity contribution in [3.8, 4) is 0 Å². The molecule has 0 aliphatic carbocycles. The first-order valence-electron chi connectivity index (χ1n) is 5.81. The van der Waals surface area contributed by atoms with Gasteiger partial charge in [0.1, 0.15) is 0 Å². The van der Waals surface area contributed by atoms with Crippen molar-refractivity contribution in [1.29, 1.82) is 0 Å². The van der Waals surface area contributed by atoms with Crippen LogP contribution in [0.3, 0.4) is 0 Å². The van der Waals surface area contributed by atoms with E-state index in [9.17, 15) is 9.00 Å². The average molecular weight is 268 g/mol. The Morgan fingerprint density at radius 2 is 2.06 bits per heavy atom. The number of carboxylic acid groups (broad SMARTS) is 1. The number of hydrogen-bond acceptors (Lipinski definition) is 4. The monoisotopic (exact) mass is 268 g/mol. The summed E-state index contributed by atoms with van der Waals surface area (Å²) in [5, 5.41) is 12.3. The molecule has 1 fully saturated rings. The summed E-state index contributed by atoms with van der Waals surface area (Å²) in [6.45, 7) is 0. The van der Waals surface area contributed by atoms with Crippen molar-refractivity contribution in [2.75, 3.05) is 22.6 Å². The zero-order valence-corrected chi connectivity index (χ0v) is 10.7. The van der Waals surface area contributed by atoms with E-state index >= 15 is 0 Å². The number of anilines is 2. The summed E-state index contributed by atoms with van der Waals surface area (Å²) >= 11 is 0. The van der Waals surface area contributed by atoms with Crippen LogP contribution in [0.1, 0.15) is 23.2 Å². The summed E-state index contributed by atoms with van der Waals surface area (Å²) in [5.41, 5.74) is 6.91. The van der Waals surface area contributed by atoms with Crippen molar-refractivity contribution >= 4 is 28.1 Å². The van der Waals surface area contributed by atoms with Gasteiger partial charge < -0.3 is 16.2 Å². The Hall–Kier alpha value is -1.56. The van der Waals surface area contributed by atoms with Crippen LogP contribution >= 0.6 is 0 Å². The van der Waals surface area contributed by atoms with Gasteiger partial charge in [-0.2, -0.15) is 0 Å². The molecule has 0 spiro atoms. The Labute approximate surface area is 108 Å². The van der Waals surface area contributed by atoms with Gasteiger partial charge in [-0.15, -0.1) is 0 Å². The molecular formula is C12H16N2O3S. The van der Waals surface area contributed by atoms with Gasteiger partial charge in [0.15, 0.2) is 0 Å². The van der Waals surface area contributed by atoms with Crippen LogP contribution in [0, 0.1) is 0 Å². The molecule has 0 aromatic heterocycles. The standard InChI is InChI=1S/C12H16N2O3S/c13-10-3-1-2-9(12(15)16)11(10)14-8-4-6-18(17)7-5-8/h1-3,8,14H,4-7,13H2,(H,15,16). The zero-order valence-electron chi connectivity index (χ0n) is 9.89. The molecule has 0 amide bonds. The molecule has 1 aliphatic heterocycles. The van der Waals surface area contributed by atoms with E-state index in [-0.39, 0.29) is 11.6 Å². The van der Waals surface area contributed by atoms with Crippen molar-refractivity contribution in [2.45, 2.75) is 18.9 Å². The Bertz CT molecular complexity index is 480. The lowest BCUT2D eigenvalue weighted by atomic mass is 10.1. The van der Waals surface area contributed by atoms with Gasteiger partial charge in [-0.3, -0.25) is 4.21 Å². The Kier molecular flexibility index (Phi) is 3.86. The SMILES string of the molecule is Nc1cccc(C(=O)O)c1NC1CCS(=O)CC1. The molecular weight excluding hydrogens is 252 g/mol. The maximum absolute atomic E-state index is 11.3. The molecule has 6 heteroatoms. The highest BCUT2D eigenvalue weighted by molar-refractivity contribution is 7.85. The van der Waals surface area contributed by atoms with Crippen LogP contribution in [0.4, 0.5) is 11.4 Å². The molecule has 0 saturated carbocycles. The van der Waals surface area contributed by atoms with E-state index in [1.165, 1.54) is 6.07 Å². The number of nitrogens with two attached hydrogens (primary N) is 1. The summed E-state index contributed by atoms with van der Waals surface area (Å²) in [6, 6.07) is 4.97. The van der Waals surface area contributed by atoms with Crippen LogP contribution in [0.2, 0.25) is 0 Å². The third kappa shape index (κ3) is 2.81. The van der Waals surface area contributed by atoms with Gasteiger partial charge in [-0.1, -0.05) is 6.07 Å². The molecule has 0 unspecified atom stereocenters. The molecule has 1 saturated heterocycles. The van der Waals surface area contributed by atoms with Crippen LogP contribution in [0.15, 0.2) is 18.2 Å². The topological polar surface area (TPSA) is 92.4 Å². The lowest BCUT2D eigenvalue weighted by Gasteiger charge is -2.25. The predicted octanol–water partition coefficient (Wildman–Crippen LogP) is 1.29. The number of para-hydroxylation sites is 1. The minimum Gasteiger partial charge on any atom is -0.478 e. The van der Waals surface area contributed by atoms with Gasteiger partial charge in [0.25, 0.3) is 0 Å². The van der Waals surface area contributed by atoms with E-state index < -0.39 is 16.8 Å². The predicted molar refractivity (Wildman–Crippen MR) is 72.3 cm³/mol. The molecule has 1 heterocycles. The van der Waals surface area contributed by atoms with Gasteiger partial charge in [-0.05, 0) is 25.0 Å². The maximum atomic E-state index is 11.3. The molecule has 0 atom stereocenters. The molecule has 1 aromatic carbocycles. The summed E-state index contributed by atoms with van der Waals surface area (Å²) in [7, 11) is -0.726. The lowest BCUT2D eigenvalue weighted by Crippen LogP contribution is -2.30. The summed E-state index contributed by atoms with van der Waals surface area (Å²) in [6.07, 6.45) is 1.56. The normalized spacial score (nSPS) is 23.6. The zero-order chi connectivity index (χ0) is 13.1. The third-order valence-corrected chi connectivity index (χ3v) is 4.45. The summed E-state index contributed by atoms with van der Waals surface area (Å²) < 4.78 is 11.3.